The number of rotatable bonds is 2. The molecule has 2 aromatic heterocycles. The van der Waals surface area contributed by atoms with Crippen LogP contribution in [0.3, 0.4) is 0 Å². The minimum absolute atomic E-state index is 0.313. The fraction of sp³-hybridized carbons (Fsp3) is 0.200. The maximum Gasteiger partial charge on any atom is 0.443 e. The highest BCUT2D eigenvalue weighted by Crippen LogP contribution is 2.33. The molecule has 0 radical (unpaired) electrons. The molecule has 7 heteroatoms. The summed E-state index contributed by atoms with van der Waals surface area (Å²) in [5.41, 5.74) is 6.90. The SMILES string of the molecule is Nc1ccncc1Cc1cnc(C(F)(F)F)s1. The van der Waals surface area contributed by atoms with Crippen molar-refractivity contribution in [3.63, 3.8) is 0 Å². The van der Waals surface area contributed by atoms with Crippen molar-refractivity contribution in [3.05, 3.63) is 40.1 Å². The zero-order chi connectivity index (χ0) is 12.5. The second-order valence-corrected chi connectivity index (χ2v) is 4.50. The van der Waals surface area contributed by atoms with E-state index in [0.29, 0.717) is 33.9 Å². The number of hydrogen-bond acceptors (Lipinski definition) is 4. The number of alkyl halides is 3. The first-order valence-corrected chi connectivity index (χ1v) is 5.49. The number of nitrogen functional groups attached to an aromatic ring is 1. The van der Waals surface area contributed by atoms with Crippen molar-refractivity contribution >= 4 is 17.0 Å². The van der Waals surface area contributed by atoms with E-state index < -0.39 is 11.2 Å². The van der Waals surface area contributed by atoms with Gasteiger partial charge in [0.05, 0.1) is 0 Å². The van der Waals surface area contributed by atoms with Gasteiger partial charge in [0.25, 0.3) is 0 Å². The number of nitrogens with zero attached hydrogens (tertiary/aromatic N) is 2. The number of anilines is 1. The molecule has 17 heavy (non-hydrogen) atoms. The lowest BCUT2D eigenvalue weighted by Gasteiger charge is -2.02. The van der Waals surface area contributed by atoms with Gasteiger partial charge in [-0.05, 0) is 11.6 Å². The lowest BCUT2D eigenvalue weighted by atomic mass is 10.1. The first-order valence-electron chi connectivity index (χ1n) is 4.67. The summed E-state index contributed by atoms with van der Waals surface area (Å²) in [4.78, 5) is 7.74. The first-order chi connectivity index (χ1) is 7.97. The summed E-state index contributed by atoms with van der Waals surface area (Å²) in [7, 11) is 0. The number of thiazole rings is 1. The fourth-order valence-corrected chi connectivity index (χ4v) is 2.10. The molecule has 0 saturated carbocycles. The van der Waals surface area contributed by atoms with Crippen molar-refractivity contribution in [2.45, 2.75) is 12.6 Å². The van der Waals surface area contributed by atoms with E-state index in [0.717, 1.165) is 0 Å². The van der Waals surface area contributed by atoms with Gasteiger partial charge in [-0.15, -0.1) is 11.3 Å². The molecule has 0 spiro atoms. The van der Waals surface area contributed by atoms with Crippen LogP contribution in [0, 0.1) is 0 Å². The van der Waals surface area contributed by atoms with Gasteiger partial charge in [0.15, 0.2) is 5.01 Å². The molecular weight excluding hydrogens is 251 g/mol. The Balaban J connectivity index is 2.21. The van der Waals surface area contributed by atoms with Crippen LogP contribution in [0.15, 0.2) is 24.7 Å². The van der Waals surface area contributed by atoms with Crippen molar-refractivity contribution in [1.29, 1.82) is 0 Å². The van der Waals surface area contributed by atoms with Gasteiger partial charge in [-0.25, -0.2) is 4.98 Å². The van der Waals surface area contributed by atoms with Gasteiger partial charge in [-0.1, -0.05) is 0 Å². The van der Waals surface area contributed by atoms with E-state index in [-0.39, 0.29) is 0 Å². The second-order valence-electron chi connectivity index (χ2n) is 3.38. The van der Waals surface area contributed by atoms with Gasteiger partial charge >= 0.3 is 6.18 Å². The molecule has 0 aliphatic carbocycles. The lowest BCUT2D eigenvalue weighted by molar-refractivity contribution is -0.137. The van der Waals surface area contributed by atoms with E-state index in [1.165, 1.54) is 12.4 Å². The van der Waals surface area contributed by atoms with E-state index in [4.69, 9.17) is 5.73 Å². The highest BCUT2D eigenvalue weighted by Gasteiger charge is 2.34. The molecule has 0 atom stereocenters. The predicted octanol–water partition coefficient (Wildman–Crippen LogP) is 2.73. The van der Waals surface area contributed by atoms with Crippen molar-refractivity contribution in [2.24, 2.45) is 0 Å². The third-order valence-electron chi connectivity index (χ3n) is 2.10. The summed E-state index contributed by atoms with van der Waals surface area (Å²) in [6, 6.07) is 1.61. The maximum atomic E-state index is 12.3. The van der Waals surface area contributed by atoms with Crippen LogP contribution in [-0.2, 0) is 12.6 Å². The Morgan fingerprint density at radius 2 is 2.06 bits per heavy atom. The topological polar surface area (TPSA) is 51.8 Å². The maximum absolute atomic E-state index is 12.3. The smallest absolute Gasteiger partial charge is 0.398 e. The average Bonchev–Trinajstić information content (AvgIpc) is 2.69. The van der Waals surface area contributed by atoms with Crippen LogP contribution >= 0.6 is 11.3 Å². The molecule has 0 aliphatic heterocycles. The van der Waals surface area contributed by atoms with Crippen LogP contribution in [0.2, 0.25) is 0 Å². The van der Waals surface area contributed by atoms with Crippen molar-refractivity contribution < 1.29 is 13.2 Å². The minimum atomic E-state index is -4.39. The lowest BCUT2D eigenvalue weighted by Crippen LogP contribution is -2.02. The van der Waals surface area contributed by atoms with Crippen LogP contribution < -0.4 is 5.73 Å². The molecule has 0 bridgehead atoms. The molecule has 0 saturated heterocycles. The third-order valence-corrected chi connectivity index (χ3v) is 3.14. The quantitative estimate of drug-likeness (QED) is 0.902. The highest BCUT2D eigenvalue weighted by molar-refractivity contribution is 7.11. The standard InChI is InChI=1S/C10H8F3N3S/c11-10(12,13)9-16-5-7(17-9)3-6-4-15-2-1-8(6)14/h1-2,4-5H,3H2,(H2,14,15). The van der Waals surface area contributed by atoms with Crippen LogP contribution in [0.4, 0.5) is 18.9 Å². The Morgan fingerprint density at radius 3 is 2.65 bits per heavy atom. The molecule has 0 aromatic carbocycles. The highest BCUT2D eigenvalue weighted by atomic mass is 32.1. The van der Waals surface area contributed by atoms with Gasteiger partial charge in [0.2, 0.25) is 0 Å². The van der Waals surface area contributed by atoms with Crippen LogP contribution in [0.1, 0.15) is 15.4 Å². The zero-order valence-electron chi connectivity index (χ0n) is 8.53. The van der Waals surface area contributed by atoms with Gasteiger partial charge in [0.1, 0.15) is 0 Å². The van der Waals surface area contributed by atoms with E-state index >= 15 is 0 Å². The van der Waals surface area contributed by atoms with E-state index in [9.17, 15) is 13.2 Å². The van der Waals surface area contributed by atoms with E-state index in [1.807, 2.05) is 0 Å². The normalized spacial score (nSPS) is 11.7. The molecule has 2 heterocycles. The number of aromatic nitrogens is 2. The molecule has 0 amide bonds. The van der Waals surface area contributed by atoms with Crippen molar-refractivity contribution in [1.82, 2.24) is 9.97 Å². The van der Waals surface area contributed by atoms with Gasteiger partial charge in [0, 0.05) is 35.6 Å². The summed E-state index contributed by atoms with van der Waals surface area (Å²) in [6.45, 7) is 0. The van der Waals surface area contributed by atoms with E-state index in [2.05, 4.69) is 9.97 Å². The molecule has 2 aromatic rings. The molecule has 3 nitrogen and oxygen atoms in total. The molecule has 0 fully saturated rings. The van der Waals surface area contributed by atoms with E-state index in [1.54, 1.807) is 12.3 Å². The number of halogens is 3. The summed E-state index contributed by atoms with van der Waals surface area (Å²) in [6.07, 6.45) is 0.228. The second kappa shape index (κ2) is 4.33. The van der Waals surface area contributed by atoms with Gasteiger partial charge in [-0.2, -0.15) is 13.2 Å². The average molecular weight is 259 g/mol. The Bertz CT molecular complexity index is 522. The first kappa shape index (κ1) is 11.8. The van der Waals surface area contributed by atoms with Crippen molar-refractivity contribution in [2.75, 3.05) is 5.73 Å². The minimum Gasteiger partial charge on any atom is -0.398 e. The molecule has 0 aliphatic rings. The molecule has 0 unspecified atom stereocenters. The summed E-state index contributed by atoms with van der Waals surface area (Å²) in [5, 5.41) is -0.838. The third kappa shape index (κ3) is 2.73. The number of pyridine rings is 1. The Kier molecular flexibility index (Phi) is 3.01. The van der Waals surface area contributed by atoms with Crippen LogP contribution in [0.5, 0.6) is 0 Å². The summed E-state index contributed by atoms with van der Waals surface area (Å²) >= 11 is 0.624. The van der Waals surface area contributed by atoms with Crippen LogP contribution in [0.25, 0.3) is 0 Å². The molecule has 2 N–H and O–H groups in total. The van der Waals surface area contributed by atoms with Gasteiger partial charge < -0.3 is 5.73 Å². The predicted molar refractivity (Wildman–Crippen MR) is 58.6 cm³/mol. The summed E-state index contributed by atoms with van der Waals surface area (Å²) in [5.74, 6) is 0. The Hall–Kier alpha value is -1.63. The zero-order valence-corrected chi connectivity index (χ0v) is 9.35. The van der Waals surface area contributed by atoms with Crippen molar-refractivity contribution in [3.8, 4) is 0 Å². The van der Waals surface area contributed by atoms with Gasteiger partial charge in [-0.3, -0.25) is 4.98 Å². The summed E-state index contributed by atoms with van der Waals surface area (Å²) < 4.78 is 37.0. The fourth-order valence-electron chi connectivity index (χ4n) is 1.29. The monoisotopic (exact) mass is 259 g/mol. The Labute approximate surface area is 99.1 Å². The molecule has 90 valence electrons. The Morgan fingerprint density at radius 1 is 1.29 bits per heavy atom. The van der Waals surface area contributed by atoms with Crippen LogP contribution in [-0.4, -0.2) is 9.97 Å². The molecular formula is C10H8F3N3S. The largest absolute Gasteiger partial charge is 0.443 e. The number of hydrogen-bond donors (Lipinski definition) is 1. The molecule has 2 rings (SSSR count). The number of nitrogens with two attached hydrogens (primary N) is 1.